The van der Waals surface area contributed by atoms with Crippen LogP contribution in [0, 0.1) is 6.92 Å². The Hall–Kier alpha value is -1.49. The van der Waals surface area contributed by atoms with Crippen molar-refractivity contribution >= 4 is 5.91 Å². The molecule has 110 valence electrons. The van der Waals surface area contributed by atoms with Crippen molar-refractivity contribution in [2.45, 2.75) is 45.6 Å². The van der Waals surface area contributed by atoms with E-state index in [0.29, 0.717) is 18.1 Å². The monoisotopic (exact) mass is 276 g/mol. The van der Waals surface area contributed by atoms with Gasteiger partial charge in [0.1, 0.15) is 11.5 Å². The topological polar surface area (TPSA) is 58.1 Å². The Morgan fingerprint density at radius 3 is 2.70 bits per heavy atom. The smallest absolute Gasteiger partial charge is 0.270 e. The Bertz CT molecular complexity index is 467. The van der Waals surface area contributed by atoms with E-state index in [1.807, 2.05) is 0 Å². The third-order valence-electron chi connectivity index (χ3n) is 3.90. The van der Waals surface area contributed by atoms with Crippen molar-refractivity contribution in [2.24, 2.45) is 0 Å². The van der Waals surface area contributed by atoms with Gasteiger partial charge in [-0.15, -0.1) is 0 Å². The van der Waals surface area contributed by atoms with Crippen LogP contribution in [0.5, 0.6) is 0 Å². The standard InChI is InChI=1S/C15H24N4O/c1-12-16-8-7-13(18-12)14(20)17-11-15(2,3)19-9-5-4-6-10-19/h7-8H,4-6,9-11H2,1-3H3,(H,17,20). The Morgan fingerprint density at radius 2 is 2.05 bits per heavy atom. The van der Waals surface area contributed by atoms with E-state index in [0.717, 1.165) is 13.1 Å². The fourth-order valence-corrected chi connectivity index (χ4v) is 2.58. The first-order valence-corrected chi connectivity index (χ1v) is 7.32. The van der Waals surface area contributed by atoms with E-state index in [1.54, 1.807) is 19.2 Å². The first-order chi connectivity index (χ1) is 9.49. The number of nitrogens with zero attached hydrogens (tertiary/aromatic N) is 3. The largest absolute Gasteiger partial charge is 0.349 e. The highest BCUT2D eigenvalue weighted by molar-refractivity contribution is 5.92. The van der Waals surface area contributed by atoms with Crippen molar-refractivity contribution in [3.8, 4) is 0 Å². The lowest BCUT2D eigenvalue weighted by atomic mass is 9.98. The summed E-state index contributed by atoms with van der Waals surface area (Å²) in [7, 11) is 0. The predicted octanol–water partition coefficient (Wildman–Crippen LogP) is 1.78. The van der Waals surface area contributed by atoms with E-state index in [9.17, 15) is 4.79 Å². The molecule has 20 heavy (non-hydrogen) atoms. The third kappa shape index (κ3) is 3.76. The molecule has 0 aliphatic carbocycles. The Kier molecular flexibility index (Phi) is 4.70. The molecule has 1 aliphatic rings. The second-order valence-electron chi connectivity index (χ2n) is 6.03. The third-order valence-corrected chi connectivity index (χ3v) is 3.90. The van der Waals surface area contributed by atoms with E-state index < -0.39 is 0 Å². The molecule has 5 nitrogen and oxygen atoms in total. The number of rotatable bonds is 4. The quantitative estimate of drug-likeness (QED) is 0.910. The van der Waals surface area contributed by atoms with Gasteiger partial charge in [-0.2, -0.15) is 0 Å². The van der Waals surface area contributed by atoms with Gasteiger partial charge in [0.2, 0.25) is 0 Å². The molecule has 1 saturated heterocycles. The zero-order chi connectivity index (χ0) is 14.6. The van der Waals surface area contributed by atoms with Crippen molar-refractivity contribution in [1.29, 1.82) is 0 Å². The van der Waals surface area contributed by atoms with E-state index >= 15 is 0 Å². The zero-order valence-corrected chi connectivity index (χ0v) is 12.6. The molecule has 0 saturated carbocycles. The van der Waals surface area contributed by atoms with Crippen LogP contribution in [-0.2, 0) is 0 Å². The van der Waals surface area contributed by atoms with Crippen LogP contribution < -0.4 is 5.32 Å². The number of aryl methyl sites for hydroxylation is 1. The summed E-state index contributed by atoms with van der Waals surface area (Å²) in [4.78, 5) is 22.7. The predicted molar refractivity (Wildman–Crippen MR) is 78.6 cm³/mol. The fraction of sp³-hybridized carbons (Fsp3) is 0.667. The molecular formula is C15H24N4O. The molecule has 0 atom stereocenters. The molecule has 1 aromatic heterocycles. The SMILES string of the molecule is Cc1nccc(C(=O)NCC(C)(C)N2CCCCC2)n1. The molecule has 2 heterocycles. The van der Waals surface area contributed by atoms with Crippen LogP contribution in [0.3, 0.4) is 0 Å². The average molecular weight is 276 g/mol. The van der Waals surface area contributed by atoms with Crippen molar-refractivity contribution in [3.63, 3.8) is 0 Å². The Morgan fingerprint density at radius 1 is 1.35 bits per heavy atom. The van der Waals surface area contributed by atoms with Gasteiger partial charge in [-0.1, -0.05) is 6.42 Å². The lowest BCUT2D eigenvalue weighted by Gasteiger charge is -2.41. The number of carbonyl (C=O) groups excluding carboxylic acids is 1. The van der Waals surface area contributed by atoms with Crippen molar-refractivity contribution in [3.05, 3.63) is 23.8 Å². The van der Waals surface area contributed by atoms with Gasteiger partial charge in [0, 0.05) is 18.3 Å². The summed E-state index contributed by atoms with van der Waals surface area (Å²) in [6.07, 6.45) is 5.44. The molecule has 1 amide bonds. The summed E-state index contributed by atoms with van der Waals surface area (Å²) in [6.45, 7) is 9.03. The van der Waals surface area contributed by atoms with E-state index in [2.05, 4.69) is 34.0 Å². The van der Waals surface area contributed by atoms with Crippen molar-refractivity contribution in [1.82, 2.24) is 20.2 Å². The Balaban J connectivity index is 1.91. The molecule has 1 aliphatic heterocycles. The minimum Gasteiger partial charge on any atom is -0.349 e. The van der Waals surface area contributed by atoms with Crippen LogP contribution >= 0.6 is 0 Å². The molecular weight excluding hydrogens is 252 g/mol. The van der Waals surface area contributed by atoms with Crippen LogP contribution in [0.1, 0.15) is 49.4 Å². The summed E-state index contributed by atoms with van der Waals surface area (Å²) in [6, 6.07) is 1.65. The number of likely N-dealkylation sites (tertiary alicyclic amines) is 1. The second-order valence-corrected chi connectivity index (χ2v) is 6.03. The van der Waals surface area contributed by atoms with Gasteiger partial charge < -0.3 is 5.32 Å². The summed E-state index contributed by atoms with van der Waals surface area (Å²) >= 11 is 0. The molecule has 0 unspecified atom stereocenters. The Labute approximate surface area is 120 Å². The fourth-order valence-electron chi connectivity index (χ4n) is 2.58. The zero-order valence-electron chi connectivity index (χ0n) is 12.6. The maximum atomic E-state index is 12.1. The highest BCUT2D eigenvalue weighted by Crippen LogP contribution is 2.19. The van der Waals surface area contributed by atoms with Crippen LogP contribution in [-0.4, -0.2) is 45.9 Å². The number of amides is 1. The molecule has 0 spiro atoms. The maximum Gasteiger partial charge on any atom is 0.270 e. The van der Waals surface area contributed by atoms with Gasteiger partial charge >= 0.3 is 0 Å². The van der Waals surface area contributed by atoms with Gasteiger partial charge in [-0.25, -0.2) is 9.97 Å². The van der Waals surface area contributed by atoms with Crippen molar-refractivity contribution < 1.29 is 4.79 Å². The van der Waals surface area contributed by atoms with Crippen LogP contribution in [0.25, 0.3) is 0 Å². The van der Waals surface area contributed by atoms with E-state index in [1.165, 1.54) is 19.3 Å². The van der Waals surface area contributed by atoms with Crippen molar-refractivity contribution in [2.75, 3.05) is 19.6 Å². The molecule has 1 fully saturated rings. The second kappa shape index (κ2) is 6.31. The first-order valence-electron chi connectivity index (χ1n) is 7.32. The molecule has 1 aromatic rings. The average Bonchev–Trinajstić information content (AvgIpc) is 2.46. The molecule has 1 N–H and O–H groups in total. The van der Waals surface area contributed by atoms with Gasteiger partial charge in [-0.05, 0) is 52.8 Å². The maximum absolute atomic E-state index is 12.1. The van der Waals surface area contributed by atoms with Gasteiger partial charge in [0.15, 0.2) is 0 Å². The summed E-state index contributed by atoms with van der Waals surface area (Å²) in [5.74, 6) is 0.494. The molecule has 0 bridgehead atoms. The van der Waals surface area contributed by atoms with E-state index in [-0.39, 0.29) is 11.4 Å². The van der Waals surface area contributed by atoms with Crippen LogP contribution in [0.2, 0.25) is 0 Å². The number of aromatic nitrogens is 2. The number of piperidine rings is 1. The summed E-state index contributed by atoms with van der Waals surface area (Å²) in [5.41, 5.74) is 0.421. The number of nitrogens with one attached hydrogen (secondary N) is 1. The molecule has 5 heteroatoms. The number of hydrogen-bond acceptors (Lipinski definition) is 4. The van der Waals surface area contributed by atoms with E-state index in [4.69, 9.17) is 0 Å². The summed E-state index contributed by atoms with van der Waals surface area (Å²) < 4.78 is 0. The number of carbonyl (C=O) groups is 1. The number of hydrogen-bond donors (Lipinski definition) is 1. The lowest BCUT2D eigenvalue weighted by molar-refractivity contribution is 0.0794. The molecule has 2 rings (SSSR count). The minimum atomic E-state index is -0.124. The van der Waals surface area contributed by atoms with Gasteiger partial charge in [0.25, 0.3) is 5.91 Å². The van der Waals surface area contributed by atoms with Crippen LogP contribution in [0.15, 0.2) is 12.3 Å². The minimum absolute atomic E-state index is 0.0157. The van der Waals surface area contributed by atoms with Gasteiger partial charge in [0.05, 0.1) is 0 Å². The van der Waals surface area contributed by atoms with Gasteiger partial charge in [-0.3, -0.25) is 9.69 Å². The highest BCUT2D eigenvalue weighted by atomic mass is 16.1. The van der Waals surface area contributed by atoms with Crippen LogP contribution in [0.4, 0.5) is 0 Å². The lowest BCUT2D eigenvalue weighted by Crippen LogP contribution is -2.53. The first kappa shape index (κ1) is 14.9. The molecule has 0 aromatic carbocycles. The normalized spacial score (nSPS) is 16.9. The molecule has 0 radical (unpaired) electrons. The summed E-state index contributed by atoms with van der Waals surface area (Å²) in [5, 5.41) is 2.99. The highest BCUT2D eigenvalue weighted by Gasteiger charge is 2.28.